The van der Waals surface area contributed by atoms with Crippen molar-refractivity contribution in [3.8, 4) is 23.0 Å². The Morgan fingerprint density at radius 3 is 1.47 bits per heavy atom. The van der Waals surface area contributed by atoms with Gasteiger partial charge in [0.15, 0.2) is 35.1 Å². The molecule has 0 spiro atoms. The van der Waals surface area contributed by atoms with Crippen LogP contribution in [0, 0.1) is 0 Å². The molecule has 2 unspecified atom stereocenters. The van der Waals surface area contributed by atoms with E-state index in [2.05, 4.69) is 16.0 Å². The third-order valence-electron chi connectivity index (χ3n) is 10.4. The highest BCUT2D eigenvalue weighted by Gasteiger charge is 2.31. The number of nitrogens with one attached hydrogen (secondary N) is 3. The van der Waals surface area contributed by atoms with E-state index in [-0.39, 0.29) is 17.7 Å². The fourth-order valence-corrected chi connectivity index (χ4v) is 7.28. The SMILES string of the molecule is CCC(=O)NCc1ccccc1C1N=C(c2ccccc2)c2cc(OC)c(OC)cc2NC1=O.COc1cc2c(cc1OC)C(c1ccccc1)=NC(c1ccccc1)C(=O)N2. The van der Waals surface area contributed by atoms with Crippen LogP contribution in [0.5, 0.6) is 23.0 Å². The Labute approximate surface area is 360 Å². The van der Waals surface area contributed by atoms with E-state index < -0.39 is 12.1 Å². The number of nitrogens with zero attached hydrogens (tertiary/aromatic N) is 2. The van der Waals surface area contributed by atoms with Gasteiger partial charge in [0.25, 0.3) is 11.8 Å². The molecule has 2 heterocycles. The summed E-state index contributed by atoms with van der Waals surface area (Å²) in [6, 6.07) is 42.4. The van der Waals surface area contributed by atoms with E-state index in [9.17, 15) is 14.4 Å². The zero-order chi connectivity index (χ0) is 43.6. The quantitative estimate of drug-likeness (QED) is 0.119. The van der Waals surface area contributed by atoms with Crippen molar-refractivity contribution >= 4 is 40.5 Å². The Bertz CT molecular complexity index is 2630. The third-order valence-corrected chi connectivity index (χ3v) is 10.4. The molecule has 12 nitrogen and oxygen atoms in total. The van der Waals surface area contributed by atoms with Gasteiger partial charge in [0.05, 0.1) is 51.2 Å². The van der Waals surface area contributed by atoms with Crippen LogP contribution in [-0.2, 0) is 20.9 Å². The Morgan fingerprint density at radius 2 is 0.984 bits per heavy atom. The lowest BCUT2D eigenvalue weighted by Gasteiger charge is -2.16. The molecule has 6 aromatic rings. The molecule has 3 N–H and O–H groups in total. The normalized spacial score (nSPS) is 15.2. The second kappa shape index (κ2) is 19.6. The minimum atomic E-state index is -0.811. The van der Waals surface area contributed by atoms with Gasteiger partial charge in [-0.2, -0.15) is 0 Å². The minimum Gasteiger partial charge on any atom is -0.493 e. The largest absolute Gasteiger partial charge is 0.493 e. The number of carbonyl (C=O) groups is 3. The molecular weight excluding hydrogens is 783 g/mol. The molecule has 0 fully saturated rings. The fraction of sp³-hybridized carbons (Fsp3) is 0.180. The van der Waals surface area contributed by atoms with Crippen LogP contribution in [0.15, 0.2) is 150 Å². The van der Waals surface area contributed by atoms with Crippen molar-refractivity contribution in [3.63, 3.8) is 0 Å². The average Bonchev–Trinajstić information content (AvgIpc) is 3.56. The van der Waals surface area contributed by atoms with Crippen LogP contribution < -0.4 is 34.9 Å². The van der Waals surface area contributed by atoms with Gasteiger partial charge in [-0.25, -0.2) is 0 Å². The predicted molar refractivity (Wildman–Crippen MR) is 241 cm³/mol. The number of benzene rings is 6. The number of ether oxygens (including phenoxy) is 4. The molecule has 0 saturated carbocycles. The molecule has 6 aromatic carbocycles. The first kappa shape index (κ1) is 42.4. The van der Waals surface area contributed by atoms with E-state index in [0.717, 1.165) is 44.7 Å². The molecular formula is C50H47N5O7. The topological polar surface area (TPSA) is 149 Å². The summed E-state index contributed by atoms with van der Waals surface area (Å²) in [6.45, 7) is 2.12. The Kier molecular flexibility index (Phi) is 13.4. The highest BCUT2D eigenvalue weighted by molar-refractivity contribution is 6.21. The maximum atomic E-state index is 13.5. The summed E-state index contributed by atoms with van der Waals surface area (Å²) < 4.78 is 21.9. The zero-order valence-electron chi connectivity index (χ0n) is 35.1. The van der Waals surface area contributed by atoms with Crippen molar-refractivity contribution in [1.82, 2.24) is 5.32 Å². The number of hydrogen-bond acceptors (Lipinski definition) is 9. The van der Waals surface area contributed by atoms with Gasteiger partial charge in [-0.1, -0.05) is 122 Å². The summed E-state index contributed by atoms with van der Waals surface area (Å²) in [4.78, 5) is 48.2. The highest BCUT2D eigenvalue weighted by Crippen LogP contribution is 2.40. The predicted octanol–water partition coefficient (Wildman–Crippen LogP) is 8.50. The molecule has 2 aliphatic heterocycles. The summed E-state index contributed by atoms with van der Waals surface area (Å²) in [6.07, 6.45) is 0.390. The van der Waals surface area contributed by atoms with Crippen LogP contribution in [-0.4, -0.2) is 57.6 Å². The van der Waals surface area contributed by atoms with Gasteiger partial charge >= 0.3 is 0 Å². The molecule has 0 bridgehead atoms. The lowest BCUT2D eigenvalue weighted by Crippen LogP contribution is -2.24. The molecule has 62 heavy (non-hydrogen) atoms. The number of carbonyl (C=O) groups excluding carboxylic acids is 3. The molecule has 2 aliphatic rings. The standard InChI is InChI=1S/C27H27N3O4.C23H20N2O3/c1-4-24(31)28-16-18-12-8-9-13-19(18)26-27(32)29-21-15-23(34-3)22(33-2)14-20(21)25(30-26)17-10-6-5-7-11-17;1-27-19-13-17-18(14-20(19)28-2)24-23(26)22(16-11-7-4-8-12-16)25-21(17)15-9-5-3-6-10-15/h5-15,26H,4,16H2,1-3H3,(H,28,31)(H,29,32);3-14,22H,1-2H3,(H,24,26). The average molecular weight is 830 g/mol. The summed E-state index contributed by atoms with van der Waals surface area (Å²) in [5, 5.41) is 8.93. The fourth-order valence-electron chi connectivity index (χ4n) is 7.28. The van der Waals surface area contributed by atoms with Gasteiger partial charge in [0.2, 0.25) is 5.91 Å². The number of aliphatic imine (C=N–C) groups is 2. The molecule has 0 aliphatic carbocycles. The van der Waals surface area contributed by atoms with Crippen LogP contribution in [0.4, 0.5) is 11.4 Å². The van der Waals surface area contributed by atoms with Gasteiger partial charge in [-0.15, -0.1) is 0 Å². The van der Waals surface area contributed by atoms with Crippen LogP contribution in [0.2, 0.25) is 0 Å². The van der Waals surface area contributed by atoms with Crippen LogP contribution in [0.3, 0.4) is 0 Å². The molecule has 2 atom stereocenters. The molecule has 314 valence electrons. The van der Waals surface area contributed by atoms with E-state index >= 15 is 0 Å². The molecule has 0 saturated heterocycles. The van der Waals surface area contributed by atoms with Crippen molar-refractivity contribution in [2.24, 2.45) is 9.98 Å². The maximum Gasteiger partial charge on any atom is 0.253 e. The maximum absolute atomic E-state index is 13.5. The van der Waals surface area contributed by atoms with Gasteiger partial charge < -0.3 is 34.9 Å². The van der Waals surface area contributed by atoms with Crippen molar-refractivity contribution in [3.05, 3.63) is 178 Å². The first-order valence-corrected chi connectivity index (χ1v) is 20.1. The lowest BCUT2D eigenvalue weighted by atomic mass is 9.98. The minimum absolute atomic E-state index is 0.0554. The summed E-state index contributed by atoms with van der Waals surface area (Å²) >= 11 is 0. The van der Waals surface area contributed by atoms with E-state index in [4.69, 9.17) is 28.9 Å². The van der Waals surface area contributed by atoms with Gasteiger partial charge in [-0.3, -0.25) is 24.4 Å². The monoisotopic (exact) mass is 829 g/mol. The number of hydrogen-bond donors (Lipinski definition) is 3. The summed E-state index contributed by atoms with van der Waals surface area (Å²) in [5.74, 6) is 1.67. The van der Waals surface area contributed by atoms with Gasteiger partial charge in [0.1, 0.15) is 0 Å². The Balaban J connectivity index is 0.000000190. The third kappa shape index (κ3) is 9.19. The number of benzodiazepines with no additional fused rings is 2. The first-order valence-electron chi connectivity index (χ1n) is 20.1. The van der Waals surface area contributed by atoms with E-state index in [1.165, 1.54) is 0 Å². The van der Waals surface area contributed by atoms with Crippen molar-refractivity contribution in [1.29, 1.82) is 0 Å². The molecule has 3 amide bonds. The smallest absolute Gasteiger partial charge is 0.253 e. The van der Waals surface area contributed by atoms with Crippen LogP contribution in [0.1, 0.15) is 64.4 Å². The van der Waals surface area contributed by atoms with Crippen molar-refractivity contribution in [2.45, 2.75) is 32.0 Å². The molecule has 8 rings (SSSR count). The summed E-state index contributed by atoms with van der Waals surface area (Å²) in [7, 11) is 6.29. The van der Waals surface area contributed by atoms with E-state index in [1.54, 1.807) is 47.5 Å². The Hall–Kier alpha value is -7.73. The van der Waals surface area contributed by atoms with Crippen molar-refractivity contribution < 1.29 is 33.3 Å². The number of fused-ring (bicyclic) bond motifs is 2. The number of rotatable bonds is 11. The number of methoxy groups -OCH3 is 4. The zero-order valence-corrected chi connectivity index (χ0v) is 35.1. The van der Waals surface area contributed by atoms with Crippen LogP contribution >= 0.6 is 0 Å². The first-order chi connectivity index (χ1) is 30.3. The molecule has 0 radical (unpaired) electrons. The second-order valence-corrected chi connectivity index (χ2v) is 14.2. The second-order valence-electron chi connectivity index (χ2n) is 14.2. The van der Waals surface area contributed by atoms with Crippen molar-refractivity contribution in [2.75, 3.05) is 39.1 Å². The van der Waals surface area contributed by atoms with E-state index in [0.29, 0.717) is 53.1 Å². The Morgan fingerprint density at radius 1 is 0.565 bits per heavy atom. The van der Waals surface area contributed by atoms with Gasteiger partial charge in [0, 0.05) is 47.4 Å². The van der Waals surface area contributed by atoms with Crippen LogP contribution in [0.25, 0.3) is 0 Å². The molecule has 0 aromatic heterocycles. The molecule has 12 heteroatoms. The van der Waals surface area contributed by atoms with E-state index in [1.807, 2.05) is 127 Å². The van der Waals surface area contributed by atoms with Gasteiger partial charge in [-0.05, 0) is 28.8 Å². The summed E-state index contributed by atoms with van der Waals surface area (Å²) in [5.41, 5.74) is 8.33. The highest BCUT2D eigenvalue weighted by atomic mass is 16.5. The number of amides is 3. The number of anilines is 2. The lowest BCUT2D eigenvalue weighted by molar-refractivity contribution is -0.121.